The highest BCUT2D eigenvalue weighted by atomic mass is 16.5. The van der Waals surface area contributed by atoms with Crippen molar-refractivity contribution in [3.05, 3.63) is 76.1 Å². The van der Waals surface area contributed by atoms with Crippen molar-refractivity contribution in [3.63, 3.8) is 0 Å². The highest BCUT2D eigenvalue weighted by molar-refractivity contribution is 5.85. The van der Waals surface area contributed by atoms with Gasteiger partial charge >= 0.3 is 5.63 Å². The second-order valence-corrected chi connectivity index (χ2v) is 5.70. The van der Waals surface area contributed by atoms with Crippen molar-refractivity contribution in [1.82, 2.24) is 0 Å². The Morgan fingerprint density at radius 1 is 1.08 bits per heavy atom. The Labute approximate surface area is 139 Å². The van der Waals surface area contributed by atoms with Crippen molar-refractivity contribution in [2.24, 2.45) is 0 Å². The monoisotopic (exact) mass is 322 g/mol. The van der Waals surface area contributed by atoms with Crippen LogP contribution in [0.2, 0.25) is 0 Å². The molecule has 0 bridgehead atoms. The molecule has 3 rings (SSSR count). The highest BCUT2D eigenvalue weighted by Crippen LogP contribution is 2.36. The minimum absolute atomic E-state index is 0.00142. The molecular weight excluding hydrogens is 304 g/mol. The minimum atomic E-state index is -0.472. The summed E-state index contributed by atoms with van der Waals surface area (Å²) in [5.74, 6) is 0.0647. The number of hydrogen-bond acceptors (Lipinski definition) is 4. The van der Waals surface area contributed by atoms with E-state index in [1.807, 2.05) is 42.5 Å². The molecule has 0 N–H and O–H groups in total. The molecule has 1 aromatic heterocycles. The van der Waals surface area contributed by atoms with E-state index in [0.29, 0.717) is 16.9 Å². The first-order valence-electron chi connectivity index (χ1n) is 7.76. The van der Waals surface area contributed by atoms with Crippen LogP contribution in [0.3, 0.4) is 0 Å². The van der Waals surface area contributed by atoms with Crippen molar-refractivity contribution in [1.29, 1.82) is 0 Å². The summed E-state index contributed by atoms with van der Waals surface area (Å²) in [6, 6.07) is 16.7. The molecule has 0 amide bonds. The lowest BCUT2D eigenvalue weighted by Crippen LogP contribution is -2.17. The third kappa shape index (κ3) is 2.95. The molecule has 3 aromatic rings. The largest absolute Gasteiger partial charge is 0.495 e. The number of hydrogen-bond donors (Lipinski definition) is 0. The molecule has 24 heavy (non-hydrogen) atoms. The second-order valence-electron chi connectivity index (χ2n) is 5.70. The van der Waals surface area contributed by atoms with Gasteiger partial charge in [0.2, 0.25) is 0 Å². The maximum absolute atomic E-state index is 12.7. The minimum Gasteiger partial charge on any atom is -0.495 e. The molecule has 1 atom stereocenters. The summed E-state index contributed by atoms with van der Waals surface area (Å²) >= 11 is 0. The van der Waals surface area contributed by atoms with E-state index < -0.39 is 11.5 Å². The Morgan fingerprint density at radius 3 is 2.42 bits per heavy atom. The topological polar surface area (TPSA) is 56.5 Å². The van der Waals surface area contributed by atoms with Crippen molar-refractivity contribution in [2.75, 3.05) is 7.11 Å². The molecule has 0 unspecified atom stereocenters. The van der Waals surface area contributed by atoms with Crippen LogP contribution in [0.15, 0.2) is 63.8 Å². The van der Waals surface area contributed by atoms with E-state index >= 15 is 0 Å². The van der Waals surface area contributed by atoms with Crippen LogP contribution < -0.4 is 10.4 Å². The van der Waals surface area contributed by atoms with E-state index in [-0.39, 0.29) is 12.2 Å². The van der Waals surface area contributed by atoms with Gasteiger partial charge in [-0.15, -0.1) is 0 Å². The normalized spacial score (nSPS) is 12.1. The SMILES string of the molecule is COc1c([C@H](CC(C)=O)c2ccccc2)c(=O)oc2ccccc12. The molecule has 0 aliphatic rings. The summed E-state index contributed by atoms with van der Waals surface area (Å²) in [6.45, 7) is 1.52. The molecule has 0 saturated carbocycles. The molecule has 0 aliphatic heterocycles. The van der Waals surface area contributed by atoms with Crippen molar-refractivity contribution < 1.29 is 13.9 Å². The van der Waals surface area contributed by atoms with Gasteiger partial charge in [0, 0.05) is 12.3 Å². The number of para-hydroxylation sites is 1. The third-order valence-electron chi connectivity index (χ3n) is 4.04. The number of fused-ring (bicyclic) bond motifs is 1. The van der Waals surface area contributed by atoms with Gasteiger partial charge in [0.1, 0.15) is 17.1 Å². The van der Waals surface area contributed by atoms with E-state index in [1.54, 1.807) is 12.1 Å². The van der Waals surface area contributed by atoms with Crippen LogP contribution in [0.5, 0.6) is 5.75 Å². The van der Waals surface area contributed by atoms with Gasteiger partial charge in [-0.05, 0) is 24.6 Å². The lowest BCUT2D eigenvalue weighted by atomic mass is 9.87. The van der Waals surface area contributed by atoms with Crippen LogP contribution >= 0.6 is 0 Å². The first-order chi connectivity index (χ1) is 11.6. The number of ether oxygens (including phenoxy) is 1. The average molecular weight is 322 g/mol. The second kappa shape index (κ2) is 6.71. The molecule has 4 nitrogen and oxygen atoms in total. The van der Waals surface area contributed by atoms with Crippen molar-refractivity contribution in [3.8, 4) is 5.75 Å². The molecule has 0 fully saturated rings. The van der Waals surface area contributed by atoms with Crippen LogP contribution in [-0.4, -0.2) is 12.9 Å². The molecule has 0 radical (unpaired) electrons. The van der Waals surface area contributed by atoms with E-state index in [9.17, 15) is 9.59 Å². The molecule has 0 aliphatic carbocycles. The zero-order chi connectivity index (χ0) is 17.1. The third-order valence-corrected chi connectivity index (χ3v) is 4.04. The van der Waals surface area contributed by atoms with Crippen LogP contribution in [0.4, 0.5) is 0 Å². The number of carbonyl (C=O) groups excluding carboxylic acids is 1. The first-order valence-corrected chi connectivity index (χ1v) is 7.76. The van der Waals surface area contributed by atoms with Gasteiger partial charge in [0.25, 0.3) is 0 Å². The Morgan fingerprint density at radius 2 is 1.75 bits per heavy atom. The van der Waals surface area contributed by atoms with Crippen molar-refractivity contribution in [2.45, 2.75) is 19.3 Å². The number of benzene rings is 2. The van der Waals surface area contributed by atoms with Crippen molar-refractivity contribution >= 4 is 16.8 Å². The van der Waals surface area contributed by atoms with Crippen LogP contribution in [0.1, 0.15) is 30.4 Å². The van der Waals surface area contributed by atoms with Crippen LogP contribution in [0.25, 0.3) is 11.0 Å². The smallest absolute Gasteiger partial charge is 0.343 e. The number of rotatable bonds is 5. The quantitative estimate of drug-likeness (QED) is 0.668. The molecule has 0 spiro atoms. The van der Waals surface area contributed by atoms with E-state index in [0.717, 1.165) is 10.9 Å². The number of methoxy groups -OCH3 is 1. The fourth-order valence-electron chi connectivity index (χ4n) is 3.02. The maximum atomic E-state index is 12.7. The summed E-state index contributed by atoms with van der Waals surface area (Å²) in [7, 11) is 1.53. The summed E-state index contributed by atoms with van der Waals surface area (Å²) in [4.78, 5) is 24.5. The maximum Gasteiger partial charge on any atom is 0.343 e. The summed E-state index contributed by atoms with van der Waals surface area (Å²) in [5, 5.41) is 0.721. The van der Waals surface area contributed by atoms with E-state index in [4.69, 9.17) is 9.15 Å². The average Bonchev–Trinajstić information content (AvgIpc) is 2.59. The fraction of sp³-hybridized carbons (Fsp3) is 0.200. The van der Waals surface area contributed by atoms with Gasteiger partial charge in [-0.25, -0.2) is 4.79 Å². The van der Waals surface area contributed by atoms with Gasteiger partial charge in [-0.2, -0.15) is 0 Å². The van der Waals surface area contributed by atoms with Crippen LogP contribution in [0, 0.1) is 0 Å². The fourth-order valence-corrected chi connectivity index (χ4v) is 3.02. The number of ketones is 1. The van der Waals surface area contributed by atoms with E-state index in [2.05, 4.69) is 0 Å². The summed E-state index contributed by atoms with van der Waals surface area (Å²) < 4.78 is 11.0. The molecule has 122 valence electrons. The van der Waals surface area contributed by atoms with Gasteiger partial charge in [-0.1, -0.05) is 42.5 Å². The zero-order valence-corrected chi connectivity index (χ0v) is 13.6. The molecule has 1 heterocycles. The van der Waals surface area contributed by atoms with Crippen LogP contribution in [-0.2, 0) is 4.79 Å². The predicted octanol–water partition coefficient (Wildman–Crippen LogP) is 3.91. The Bertz CT molecular complexity index is 925. The van der Waals surface area contributed by atoms with E-state index in [1.165, 1.54) is 14.0 Å². The molecule has 2 aromatic carbocycles. The lowest BCUT2D eigenvalue weighted by Gasteiger charge is -2.19. The zero-order valence-electron chi connectivity index (χ0n) is 13.6. The Hall–Kier alpha value is -2.88. The van der Waals surface area contributed by atoms with Gasteiger partial charge in [0.05, 0.1) is 18.1 Å². The van der Waals surface area contributed by atoms with Gasteiger partial charge in [0.15, 0.2) is 0 Å². The molecular formula is C20H18O4. The Kier molecular flexibility index (Phi) is 4.47. The predicted molar refractivity (Wildman–Crippen MR) is 92.6 cm³/mol. The number of Topliss-reactive ketones (excluding diaryl/α,β-unsaturated/α-hetero) is 1. The van der Waals surface area contributed by atoms with Gasteiger partial charge in [-0.3, -0.25) is 4.79 Å². The Balaban J connectivity index is 2.29. The number of carbonyl (C=O) groups is 1. The van der Waals surface area contributed by atoms with Gasteiger partial charge < -0.3 is 9.15 Å². The first kappa shape index (κ1) is 16.0. The summed E-state index contributed by atoms with van der Waals surface area (Å²) in [5.41, 5.74) is 1.27. The summed E-state index contributed by atoms with van der Waals surface area (Å²) in [6.07, 6.45) is 0.212. The molecule has 4 heteroatoms. The molecule has 0 saturated heterocycles. The lowest BCUT2D eigenvalue weighted by molar-refractivity contribution is -0.117. The standard InChI is InChI=1S/C20H18O4/c1-13(21)12-16(14-8-4-3-5-9-14)18-19(23-2)15-10-6-7-11-17(15)24-20(18)22/h3-11,16H,12H2,1-2H3/t16-/m1/s1. The highest BCUT2D eigenvalue weighted by Gasteiger charge is 2.26.